The van der Waals surface area contributed by atoms with Gasteiger partial charge in [-0.05, 0) is 52.1 Å². The van der Waals surface area contributed by atoms with Gasteiger partial charge in [0.25, 0.3) is 0 Å². The Morgan fingerprint density at radius 1 is 1.27 bits per heavy atom. The lowest BCUT2D eigenvalue weighted by Crippen LogP contribution is -2.46. The molecule has 3 nitrogen and oxygen atoms in total. The highest BCUT2D eigenvalue weighted by Crippen LogP contribution is 2.23. The summed E-state index contributed by atoms with van der Waals surface area (Å²) in [6, 6.07) is 0.715. The van der Waals surface area contributed by atoms with Crippen molar-refractivity contribution in [2.75, 3.05) is 26.2 Å². The average molecular weight is 212 g/mol. The summed E-state index contributed by atoms with van der Waals surface area (Å²) in [4.78, 5) is 2.58. The van der Waals surface area contributed by atoms with E-state index >= 15 is 0 Å². The van der Waals surface area contributed by atoms with Gasteiger partial charge in [0.1, 0.15) is 0 Å². The molecule has 3 heteroatoms. The number of rotatable bonds is 1. The van der Waals surface area contributed by atoms with E-state index in [1.54, 1.807) is 0 Å². The minimum atomic E-state index is -0.420. The Kier molecular flexibility index (Phi) is 3.65. The Labute approximate surface area is 92.8 Å². The van der Waals surface area contributed by atoms with Crippen LogP contribution in [-0.2, 0) is 0 Å². The minimum absolute atomic E-state index is 0.420. The molecule has 0 saturated carbocycles. The Balaban J connectivity index is 1.87. The maximum atomic E-state index is 10.0. The molecule has 2 rings (SSSR count). The van der Waals surface area contributed by atoms with Gasteiger partial charge in [-0.1, -0.05) is 0 Å². The second-order valence-electron chi connectivity index (χ2n) is 5.39. The number of likely N-dealkylation sites (tertiary alicyclic amines) is 1. The van der Waals surface area contributed by atoms with E-state index in [-0.39, 0.29) is 0 Å². The molecular formula is C12H24N2O. The number of hydrogen-bond acceptors (Lipinski definition) is 3. The number of nitrogens with zero attached hydrogens (tertiary/aromatic N) is 1. The fourth-order valence-electron chi connectivity index (χ4n) is 2.79. The van der Waals surface area contributed by atoms with E-state index in [2.05, 4.69) is 10.2 Å². The predicted octanol–water partition coefficient (Wildman–Crippen LogP) is 0.975. The van der Waals surface area contributed by atoms with Gasteiger partial charge in [0.2, 0.25) is 0 Å². The van der Waals surface area contributed by atoms with Gasteiger partial charge in [-0.15, -0.1) is 0 Å². The van der Waals surface area contributed by atoms with Gasteiger partial charge in [0.05, 0.1) is 5.60 Å². The van der Waals surface area contributed by atoms with Crippen LogP contribution >= 0.6 is 0 Å². The zero-order valence-corrected chi connectivity index (χ0v) is 9.84. The fraction of sp³-hybridized carbons (Fsp3) is 1.00. The number of piperidine rings is 1. The standard InChI is InChI=1S/C12H24N2O/c1-12(15)5-3-8-14(9-6-12)11-4-2-7-13-10-11/h11,13,15H,2-10H2,1H3. The summed E-state index contributed by atoms with van der Waals surface area (Å²) in [5.74, 6) is 0. The largest absolute Gasteiger partial charge is 0.390 e. The first-order chi connectivity index (χ1) is 7.17. The maximum absolute atomic E-state index is 10.0. The molecule has 2 saturated heterocycles. The lowest BCUT2D eigenvalue weighted by Gasteiger charge is -2.34. The zero-order chi connectivity index (χ0) is 10.7. The number of hydrogen-bond donors (Lipinski definition) is 2. The Bertz CT molecular complexity index is 200. The van der Waals surface area contributed by atoms with Crippen LogP contribution in [0.25, 0.3) is 0 Å². The van der Waals surface area contributed by atoms with Crippen molar-refractivity contribution in [2.24, 2.45) is 0 Å². The molecule has 2 N–H and O–H groups in total. The molecule has 15 heavy (non-hydrogen) atoms. The maximum Gasteiger partial charge on any atom is 0.0632 e. The quantitative estimate of drug-likeness (QED) is 0.680. The molecule has 2 aliphatic heterocycles. The van der Waals surface area contributed by atoms with Crippen molar-refractivity contribution in [3.8, 4) is 0 Å². The van der Waals surface area contributed by atoms with Crippen molar-refractivity contribution in [2.45, 2.75) is 50.7 Å². The molecule has 2 fully saturated rings. The van der Waals surface area contributed by atoms with Crippen LogP contribution in [0.2, 0.25) is 0 Å². The third kappa shape index (κ3) is 3.16. The number of nitrogens with one attached hydrogen (secondary N) is 1. The molecule has 2 aliphatic rings. The Hall–Kier alpha value is -0.120. The highest BCUT2D eigenvalue weighted by molar-refractivity contribution is 4.84. The molecule has 0 spiro atoms. The molecule has 0 aromatic carbocycles. The molecule has 2 atom stereocenters. The van der Waals surface area contributed by atoms with Gasteiger partial charge < -0.3 is 10.4 Å². The topological polar surface area (TPSA) is 35.5 Å². The summed E-state index contributed by atoms with van der Waals surface area (Å²) in [5.41, 5.74) is -0.420. The van der Waals surface area contributed by atoms with Crippen LogP contribution < -0.4 is 5.32 Å². The minimum Gasteiger partial charge on any atom is -0.390 e. The first kappa shape index (κ1) is 11.4. The molecule has 0 aliphatic carbocycles. The Morgan fingerprint density at radius 2 is 2.13 bits per heavy atom. The fourth-order valence-corrected chi connectivity index (χ4v) is 2.79. The summed E-state index contributed by atoms with van der Waals surface area (Å²) in [5, 5.41) is 13.5. The lowest BCUT2D eigenvalue weighted by atomic mass is 9.98. The van der Waals surface area contributed by atoms with E-state index in [1.165, 1.54) is 25.9 Å². The van der Waals surface area contributed by atoms with Crippen molar-refractivity contribution in [3.63, 3.8) is 0 Å². The van der Waals surface area contributed by atoms with Gasteiger partial charge in [-0.2, -0.15) is 0 Å². The molecular weight excluding hydrogens is 188 g/mol. The van der Waals surface area contributed by atoms with E-state index < -0.39 is 5.60 Å². The first-order valence-electron chi connectivity index (χ1n) is 6.34. The van der Waals surface area contributed by atoms with Crippen LogP contribution in [0.5, 0.6) is 0 Å². The van der Waals surface area contributed by atoms with Crippen LogP contribution in [-0.4, -0.2) is 47.8 Å². The van der Waals surface area contributed by atoms with Crippen LogP contribution in [0.3, 0.4) is 0 Å². The van der Waals surface area contributed by atoms with Gasteiger partial charge in [-0.25, -0.2) is 0 Å². The van der Waals surface area contributed by atoms with E-state index in [0.29, 0.717) is 6.04 Å². The third-order valence-electron chi connectivity index (χ3n) is 3.89. The van der Waals surface area contributed by atoms with Crippen molar-refractivity contribution in [1.29, 1.82) is 0 Å². The van der Waals surface area contributed by atoms with E-state index in [4.69, 9.17) is 0 Å². The van der Waals surface area contributed by atoms with Crippen LogP contribution in [0.4, 0.5) is 0 Å². The summed E-state index contributed by atoms with van der Waals surface area (Å²) in [6.45, 7) is 6.54. The molecule has 0 radical (unpaired) electrons. The summed E-state index contributed by atoms with van der Waals surface area (Å²) < 4.78 is 0. The van der Waals surface area contributed by atoms with Gasteiger partial charge in [0, 0.05) is 19.1 Å². The predicted molar refractivity (Wildman–Crippen MR) is 61.9 cm³/mol. The normalized spacial score (nSPS) is 40.0. The van der Waals surface area contributed by atoms with Gasteiger partial charge in [-0.3, -0.25) is 4.90 Å². The van der Waals surface area contributed by atoms with Crippen LogP contribution in [0, 0.1) is 0 Å². The van der Waals surface area contributed by atoms with Crippen molar-refractivity contribution in [3.05, 3.63) is 0 Å². The smallest absolute Gasteiger partial charge is 0.0632 e. The Morgan fingerprint density at radius 3 is 2.87 bits per heavy atom. The second kappa shape index (κ2) is 4.81. The average Bonchev–Trinajstić information content (AvgIpc) is 2.41. The highest BCUT2D eigenvalue weighted by atomic mass is 16.3. The van der Waals surface area contributed by atoms with E-state index in [0.717, 1.165) is 32.4 Å². The molecule has 0 aromatic rings. The SMILES string of the molecule is CC1(O)CCCN(C2CCCNC2)CC1. The van der Waals surface area contributed by atoms with Crippen LogP contribution in [0.15, 0.2) is 0 Å². The van der Waals surface area contributed by atoms with Crippen molar-refractivity contribution < 1.29 is 5.11 Å². The van der Waals surface area contributed by atoms with Gasteiger partial charge in [0.15, 0.2) is 0 Å². The highest BCUT2D eigenvalue weighted by Gasteiger charge is 2.28. The summed E-state index contributed by atoms with van der Waals surface area (Å²) >= 11 is 0. The summed E-state index contributed by atoms with van der Waals surface area (Å²) in [7, 11) is 0. The molecule has 0 aromatic heterocycles. The molecule has 2 heterocycles. The zero-order valence-electron chi connectivity index (χ0n) is 9.84. The number of aliphatic hydroxyl groups is 1. The molecule has 2 unspecified atom stereocenters. The van der Waals surface area contributed by atoms with Crippen molar-refractivity contribution in [1.82, 2.24) is 10.2 Å². The summed E-state index contributed by atoms with van der Waals surface area (Å²) in [6.07, 6.45) is 5.67. The molecule has 88 valence electrons. The van der Waals surface area contributed by atoms with Crippen molar-refractivity contribution >= 4 is 0 Å². The molecule has 0 bridgehead atoms. The van der Waals surface area contributed by atoms with E-state index in [9.17, 15) is 5.11 Å². The van der Waals surface area contributed by atoms with Crippen LogP contribution in [0.1, 0.15) is 39.0 Å². The lowest BCUT2D eigenvalue weighted by molar-refractivity contribution is 0.0423. The third-order valence-corrected chi connectivity index (χ3v) is 3.89. The van der Waals surface area contributed by atoms with E-state index in [1.807, 2.05) is 6.92 Å². The van der Waals surface area contributed by atoms with Gasteiger partial charge >= 0.3 is 0 Å². The second-order valence-corrected chi connectivity index (χ2v) is 5.39. The monoisotopic (exact) mass is 212 g/mol. The molecule has 0 amide bonds. The first-order valence-corrected chi connectivity index (χ1v) is 6.34.